The van der Waals surface area contributed by atoms with Crippen molar-refractivity contribution < 1.29 is 23.9 Å². The summed E-state index contributed by atoms with van der Waals surface area (Å²) >= 11 is 0. The molecular formula is C22H20FNO4. The van der Waals surface area contributed by atoms with Crippen LogP contribution in [0.15, 0.2) is 78.9 Å². The minimum Gasteiger partial charge on any atom is -0.490 e. The lowest BCUT2D eigenvalue weighted by Gasteiger charge is -2.17. The molecule has 0 aliphatic heterocycles. The summed E-state index contributed by atoms with van der Waals surface area (Å²) in [5, 5.41) is 9.13. The van der Waals surface area contributed by atoms with Gasteiger partial charge >= 0.3 is 0 Å². The van der Waals surface area contributed by atoms with Crippen molar-refractivity contribution in [1.29, 1.82) is 0 Å². The first-order valence-corrected chi connectivity index (χ1v) is 8.77. The van der Waals surface area contributed by atoms with Gasteiger partial charge in [-0.2, -0.15) is 0 Å². The van der Waals surface area contributed by atoms with E-state index in [2.05, 4.69) is 0 Å². The fourth-order valence-corrected chi connectivity index (χ4v) is 2.84. The molecule has 0 aliphatic carbocycles. The molecule has 0 heterocycles. The van der Waals surface area contributed by atoms with Crippen molar-refractivity contribution in [2.75, 3.05) is 13.2 Å². The van der Waals surface area contributed by atoms with Gasteiger partial charge in [0.1, 0.15) is 30.5 Å². The van der Waals surface area contributed by atoms with E-state index >= 15 is 0 Å². The van der Waals surface area contributed by atoms with Crippen molar-refractivity contribution in [1.82, 2.24) is 5.48 Å². The van der Waals surface area contributed by atoms with Crippen LogP contribution in [0, 0.1) is 5.82 Å². The average Bonchev–Trinajstić information content (AvgIpc) is 2.74. The van der Waals surface area contributed by atoms with Crippen molar-refractivity contribution in [3.8, 4) is 11.5 Å². The predicted octanol–water partition coefficient (Wildman–Crippen LogP) is 3.92. The highest BCUT2D eigenvalue weighted by atomic mass is 19.1. The van der Waals surface area contributed by atoms with E-state index in [-0.39, 0.29) is 19.0 Å². The molecule has 1 amide bonds. The van der Waals surface area contributed by atoms with Crippen molar-refractivity contribution in [2.24, 2.45) is 0 Å². The maximum absolute atomic E-state index is 12.9. The van der Waals surface area contributed by atoms with E-state index in [1.807, 2.05) is 30.3 Å². The fraction of sp³-hybridized carbons (Fsp3) is 0.136. The molecule has 0 aliphatic rings. The zero-order valence-corrected chi connectivity index (χ0v) is 15.0. The van der Waals surface area contributed by atoms with Gasteiger partial charge in [0.25, 0.3) is 5.91 Å². The summed E-state index contributed by atoms with van der Waals surface area (Å²) in [6.07, 6.45) is 0. The van der Waals surface area contributed by atoms with Crippen LogP contribution in [0.25, 0.3) is 0 Å². The van der Waals surface area contributed by atoms with E-state index in [1.165, 1.54) is 12.1 Å². The van der Waals surface area contributed by atoms with E-state index in [0.29, 0.717) is 17.1 Å². The van der Waals surface area contributed by atoms with Crippen LogP contribution in [0.5, 0.6) is 11.5 Å². The molecule has 3 aromatic rings. The number of ether oxygens (including phenoxy) is 2. The minimum atomic E-state index is -0.662. The highest BCUT2D eigenvalue weighted by Crippen LogP contribution is 2.27. The Morgan fingerprint density at radius 1 is 0.857 bits per heavy atom. The quantitative estimate of drug-likeness (QED) is 0.353. The lowest BCUT2D eigenvalue weighted by Crippen LogP contribution is -2.27. The summed E-state index contributed by atoms with van der Waals surface area (Å²) in [4.78, 5) is 12.2. The number of carbonyl (C=O) groups excluding carboxylic acids is 1. The minimum absolute atomic E-state index is 0.281. The molecule has 1 atom stereocenters. The maximum Gasteiger partial charge on any atom is 0.255 e. The molecule has 1 unspecified atom stereocenters. The zero-order valence-electron chi connectivity index (χ0n) is 15.0. The lowest BCUT2D eigenvalue weighted by molar-refractivity contribution is -0.129. The number of nitrogens with one attached hydrogen (secondary N) is 1. The molecule has 5 nitrogen and oxygen atoms in total. The van der Waals surface area contributed by atoms with E-state index in [0.717, 1.165) is 5.56 Å². The van der Waals surface area contributed by atoms with E-state index in [9.17, 15) is 9.18 Å². The van der Waals surface area contributed by atoms with E-state index in [4.69, 9.17) is 14.7 Å². The van der Waals surface area contributed by atoms with Crippen molar-refractivity contribution in [3.05, 3.63) is 95.8 Å². The van der Waals surface area contributed by atoms with Gasteiger partial charge in [0.05, 0.1) is 5.92 Å². The second kappa shape index (κ2) is 9.53. The highest BCUT2D eigenvalue weighted by molar-refractivity contribution is 5.86. The standard InChI is InChI=1S/C22H20FNO4/c23-18-9-11-19(12-10-18)27-13-14-28-20-8-4-7-17(15-20)21(22(25)24-26)16-5-2-1-3-6-16/h1-12,15,21,26H,13-14H2,(H,24,25). The van der Waals surface area contributed by atoms with Gasteiger partial charge in [-0.1, -0.05) is 42.5 Å². The summed E-state index contributed by atoms with van der Waals surface area (Å²) in [6, 6.07) is 22.0. The van der Waals surface area contributed by atoms with Crippen LogP contribution >= 0.6 is 0 Å². The van der Waals surface area contributed by atoms with Gasteiger partial charge in [-0.05, 0) is 47.5 Å². The lowest BCUT2D eigenvalue weighted by atomic mass is 9.90. The van der Waals surface area contributed by atoms with E-state index < -0.39 is 11.8 Å². The number of hydroxylamine groups is 1. The van der Waals surface area contributed by atoms with Crippen LogP contribution in [0.4, 0.5) is 4.39 Å². The molecule has 0 fully saturated rings. The van der Waals surface area contributed by atoms with E-state index in [1.54, 1.807) is 41.9 Å². The normalized spacial score (nSPS) is 11.5. The number of amides is 1. The molecule has 2 N–H and O–H groups in total. The Balaban J connectivity index is 1.65. The Labute approximate surface area is 162 Å². The first-order valence-electron chi connectivity index (χ1n) is 8.77. The number of hydrogen-bond donors (Lipinski definition) is 2. The molecule has 3 aromatic carbocycles. The largest absolute Gasteiger partial charge is 0.490 e. The third-order valence-corrected chi connectivity index (χ3v) is 4.13. The molecule has 6 heteroatoms. The third-order valence-electron chi connectivity index (χ3n) is 4.13. The van der Waals surface area contributed by atoms with Crippen LogP contribution in [0.2, 0.25) is 0 Å². The average molecular weight is 381 g/mol. The zero-order chi connectivity index (χ0) is 19.8. The Morgan fingerprint density at radius 3 is 2.18 bits per heavy atom. The van der Waals surface area contributed by atoms with Crippen molar-refractivity contribution in [3.63, 3.8) is 0 Å². The van der Waals surface area contributed by atoms with Crippen LogP contribution in [0.3, 0.4) is 0 Å². The van der Waals surface area contributed by atoms with Gasteiger partial charge in [0.15, 0.2) is 0 Å². The predicted molar refractivity (Wildman–Crippen MR) is 102 cm³/mol. The molecular weight excluding hydrogens is 361 g/mol. The smallest absolute Gasteiger partial charge is 0.255 e. The number of rotatable bonds is 8. The Bertz CT molecular complexity index is 900. The molecule has 0 saturated heterocycles. The van der Waals surface area contributed by atoms with Gasteiger partial charge in [0.2, 0.25) is 0 Å². The van der Waals surface area contributed by atoms with Gasteiger partial charge in [-0.15, -0.1) is 0 Å². The van der Waals surface area contributed by atoms with Crippen LogP contribution in [-0.4, -0.2) is 24.3 Å². The molecule has 3 rings (SSSR count). The van der Waals surface area contributed by atoms with Gasteiger partial charge < -0.3 is 9.47 Å². The summed E-state index contributed by atoms with van der Waals surface area (Å²) < 4.78 is 24.1. The summed E-state index contributed by atoms with van der Waals surface area (Å²) in [6.45, 7) is 0.568. The molecule has 144 valence electrons. The molecule has 0 spiro atoms. The molecule has 28 heavy (non-hydrogen) atoms. The first-order chi connectivity index (χ1) is 13.7. The number of halogens is 1. The van der Waals surface area contributed by atoms with Gasteiger partial charge in [-0.25, -0.2) is 9.87 Å². The number of carbonyl (C=O) groups is 1. The second-order valence-electron chi connectivity index (χ2n) is 6.04. The van der Waals surface area contributed by atoms with Crippen molar-refractivity contribution >= 4 is 5.91 Å². The summed E-state index contributed by atoms with van der Waals surface area (Å²) in [7, 11) is 0. The summed E-state index contributed by atoms with van der Waals surface area (Å²) in [5.41, 5.74) is 3.17. The maximum atomic E-state index is 12.9. The fourth-order valence-electron chi connectivity index (χ4n) is 2.84. The Hall–Kier alpha value is -3.38. The van der Waals surface area contributed by atoms with Crippen molar-refractivity contribution in [2.45, 2.75) is 5.92 Å². The Kier molecular flexibility index (Phi) is 6.59. The number of benzene rings is 3. The van der Waals surface area contributed by atoms with Gasteiger partial charge in [-0.3, -0.25) is 10.0 Å². The third kappa shape index (κ3) is 5.08. The molecule has 0 bridgehead atoms. The Morgan fingerprint density at radius 2 is 1.50 bits per heavy atom. The molecule has 0 aromatic heterocycles. The highest BCUT2D eigenvalue weighted by Gasteiger charge is 2.22. The monoisotopic (exact) mass is 381 g/mol. The SMILES string of the molecule is O=C(NO)C(c1ccccc1)c1cccc(OCCOc2ccc(F)cc2)c1. The van der Waals surface area contributed by atoms with Gasteiger partial charge in [0, 0.05) is 0 Å². The summed E-state index contributed by atoms with van der Waals surface area (Å²) in [5.74, 6) is -0.372. The molecule has 0 saturated carbocycles. The van der Waals surface area contributed by atoms with Crippen LogP contribution in [0.1, 0.15) is 17.0 Å². The topological polar surface area (TPSA) is 67.8 Å². The second-order valence-corrected chi connectivity index (χ2v) is 6.04. The first kappa shape index (κ1) is 19.4. The van der Waals surface area contributed by atoms with Crippen LogP contribution in [-0.2, 0) is 4.79 Å². The van der Waals surface area contributed by atoms with Crippen LogP contribution < -0.4 is 15.0 Å². The number of hydrogen-bond acceptors (Lipinski definition) is 4. The molecule has 0 radical (unpaired) electrons.